The molecule has 1 heterocycles. The lowest BCUT2D eigenvalue weighted by Gasteiger charge is -2.25. The van der Waals surface area contributed by atoms with Crippen molar-refractivity contribution in [3.05, 3.63) is 52.6 Å². The summed E-state index contributed by atoms with van der Waals surface area (Å²) in [5, 5.41) is 13.5. The number of hydrogen-bond donors (Lipinski definition) is 2. The van der Waals surface area contributed by atoms with Crippen molar-refractivity contribution in [2.45, 2.75) is 17.8 Å². The predicted molar refractivity (Wildman–Crippen MR) is 94.6 cm³/mol. The number of halogens is 2. The fraction of sp³-hybridized carbons (Fsp3) is 0.389. The second-order valence-electron chi connectivity index (χ2n) is 6.09. The second-order valence-corrected chi connectivity index (χ2v) is 7.06. The number of carboxylic acid groups (broad SMARTS) is 1. The zero-order chi connectivity index (χ0) is 17.3. The minimum atomic E-state index is -0.807. The van der Waals surface area contributed by atoms with Gasteiger partial charge in [-0.2, -0.15) is 0 Å². The molecule has 4 atom stereocenters. The number of allylic oxidation sites excluding steroid dienone is 3. The molecule has 1 saturated heterocycles. The van der Waals surface area contributed by atoms with Crippen LogP contribution in [0.5, 0.6) is 5.75 Å². The highest BCUT2D eigenvalue weighted by Crippen LogP contribution is 2.41. The molecule has 1 aliphatic carbocycles. The quantitative estimate of drug-likeness (QED) is 0.796. The van der Waals surface area contributed by atoms with Gasteiger partial charge in [-0.3, -0.25) is 4.79 Å². The van der Waals surface area contributed by atoms with E-state index in [0.29, 0.717) is 18.0 Å². The molecule has 1 aromatic carbocycles. The van der Waals surface area contributed by atoms with Crippen molar-refractivity contribution < 1.29 is 14.6 Å². The summed E-state index contributed by atoms with van der Waals surface area (Å²) < 4.78 is 5.16. The molecule has 0 amide bonds. The standard InChI is InChI=1S/C18H19Cl2NO3/c1-24-12-5-2-10(3-6-12)17-16(18(22)23)13(9-21-17)11-4-7-14(19)15(20)8-11/h2-7,13,15-17,21H,8-9H2,1H3,(H,22,23)/t13?,15?,16-,17?/m1/s1. The third kappa shape index (κ3) is 3.32. The van der Waals surface area contributed by atoms with E-state index >= 15 is 0 Å². The lowest BCUT2D eigenvalue weighted by molar-refractivity contribution is -0.143. The van der Waals surface area contributed by atoms with E-state index in [0.717, 1.165) is 16.9 Å². The van der Waals surface area contributed by atoms with Crippen molar-refractivity contribution in [3.8, 4) is 5.75 Å². The normalized spacial score (nSPS) is 29.8. The van der Waals surface area contributed by atoms with Crippen molar-refractivity contribution in [3.63, 3.8) is 0 Å². The average Bonchev–Trinajstić information content (AvgIpc) is 3.02. The highest BCUT2D eigenvalue weighted by atomic mass is 35.5. The average molecular weight is 368 g/mol. The SMILES string of the molecule is COc1ccc(C2NCC(C3=CC=C(Cl)C(Cl)C3)[C@H]2C(=O)O)cc1. The number of aliphatic carboxylic acids is 1. The molecule has 2 aliphatic rings. The molecule has 0 spiro atoms. The molecule has 0 aromatic heterocycles. The fourth-order valence-corrected chi connectivity index (χ4v) is 3.88. The largest absolute Gasteiger partial charge is 0.497 e. The molecular weight excluding hydrogens is 349 g/mol. The van der Waals surface area contributed by atoms with Crippen LogP contribution < -0.4 is 10.1 Å². The van der Waals surface area contributed by atoms with Crippen LogP contribution in [0.2, 0.25) is 0 Å². The summed E-state index contributed by atoms with van der Waals surface area (Å²) in [6.45, 7) is 0.606. The summed E-state index contributed by atoms with van der Waals surface area (Å²) in [5.41, 5.74) is 1.98. The number of nitrogens with one attached hydrogen (secondary N) is 1. The van der Waals surface area contributed by atoms with Crippen LogP contribution >= 0.6 is 23.2 Å². The van der Waals surface area contributed by atoms with E-state index in [4.69, 9.17) is 27.9 Å². The van der Waals surface area contributed by atoms with Crippen molar-refractivity contribution in [1.29, 1.82) is 0 Å². The molecule has 1 fully saturated rings. The van der Waals surface area contributed by atoms with Crippen LogP contribution in [0.25, 0.3) is 0 Å². The van der Waals surface area contributed by atoms with Crippen LogP contribution in [-0.4, -0.2) is 30.1 Å². The second kappa shape index (κ2) is 7.18. The number of methoxy groups -OCH3 is 1. The van der Waals surface area contributed by atoms with Crippen LogP contribution in [0.15, 0.2) is 47.0 Å². The number of rotatable bonds is 4. The summed E-state index contributed by atoms with van der Waals surface area (Å²) in [4.78, 5) is 11.9. The molecule has 0 saturated carbocycles. The maximum atomic E-state index is 11.9. The number of benzene rings is 1. The van der Waals surface area contributed by atoms with E-state index in [1.54, 1.807) is 13.2 Å². The molecule has 2 N–H and O–H groups in total. The first-order valence-electron chi connectivity index (χ1n) is 7.81. The first-order valence-corrected chi connectivity index (χ1v) is 8.63. The Hall–Kier alpha value is -1.49. The number of carbonyl (C=O) groups is 1. The maximum Gasteiger partial charge on any atom is 0.309 e. The first kappa shape index (κ1) is 17.3. The molecule has 24 heavy (non-hydrogen) atoms. The number of alkyl halides is 1. The first-order chi connectivity index (χ1) is 11.5. The number of hydrogen-bond acceptors (Lipinski definition) is 3. The Morgan fingerprint density at radius 3 is 2.58 bits per heavy atom. The zero-order valence-corrected chi connectivity index (χ0v) is 14.7. The zero-order valence-electron chi connectivity index (χ0n) is 13.2. The molecule has 1 aromatic rings. The monoisotopic (exact) mass is 367 g/mol. The fourth-order valence-electron chi connectivity index (χ4n) is 3.49. The lowest BCUT2D eigenvalue weighted by atomic mass is 9.80. The van der Waals surface area contributed by atoms with E-state index in [1.165, 1.54) is 0 Å². The molecule has 1 aliphatic heterocycles. The molecule has 0 radical (unpaired) electrons. The molecule has 6 heteroatoms. The van der Waals surface area contributed by atoms with Gasteiger partial charge < -0.3 is 15.2 Å². The Balaban J connectivity index is 1.87. The van der Waals surface area contributed by atoms with Crippen LogP contribution in [0, 0.1) is 11.8 Å². The van der Waals surface area contributed by atoms with Gasteiger partial charge in [0.15, 0.2) is 0 Å². The van der Waals surface area contributed by atoms with Crippen LogP contribution in [0.1, 0.15) is 18.0 Å². The highest BCUT2D eigenvalue weighted by molar-refractivity contribution is 6.37. The van der Waals surface area contributed by atoms with Crippen molar-refractivity contribution in [2.24, 2.45) is 11.8 Å². The summed E-state index contributed by atoms with van der Waals surface area (Å²) in [7, 11) is 1.61. The Bertz CT molecular complexity index is 684. The minimum absolute atomic E-state index is 0.100. The molecule has 4 nitrogen and oxygen atoms in total. The van der Waals surface area contributed by atoms with Gasteiger partial charge in [-0.05, 0) is 30.2 Å². The Kier molecular flexibility index (Phi) is 5.18. The maximum absolute atomic E-state index is 11.9. The molecule has 128 valence electrons. The Morgan fingerprint density at radius 2 is 2.00 bits per heavy atom. The van der Waals surface area contributed by atoms with E-state index < -0.39 is 11.9 Å². The molecule has 3 unspecified atom stereocenters. The summed E-state index contributed by atoms with van der Waals surface area (Å²) in [6.07, 6.45) is 4.28. The van der Waals surface area contributed by atoms with E-state index in [2.05, 4.69) is 5.32 Å². The van der Waals surface area contributed by atoms with E-state index in [9.17, 15) is 9.90 Å². The van der Waals surface area contributed by atoms with E-state index in [1.807, 2.05) is 30.3 Å². The van der Waals surface area contributed by atoms with E-state index in [-0.39, 0.29) is 17.3 Å². The number of carboxylic acids is 1. The predicted octanol–water partition coefficient (Wildman–Crippen LogP) is 3.72. The van der Waals surface area contributed by atoms with Gasteiger partial charge >= 0.3 is 5.97 Å². The molecule has 3 rings (SSSR count). The van der Waals surface area contributed by atoms with Crippen molar-refractivity contribution in [1.82, 2.24) is 5.32 Å². The van der Waals surface area contributed by atoms with Gasteiger partial charge in [0, 0.05) is 23.5 Å². The van der Waals surface area contributed by atoms with Crippen LogP contribution in [0.3, 0.4) is 0 Å². The lowest BCUT2D eigenvalue weighted by Crippen LogP contribution is -2.27. The number of ether oxygens (including phenoxy) is 1. The minimum Gasteiger partial charge on any atom is -0.497 e. The van der Waals surface area contributed by atoms with Gasteiger partial charge in [0.25, 0.3) is 0 Å². The topological polar surface area (TPSA) is 58.6 Å². The van der Waals surface area contributed by atoms with Crippen LogP contribution in [0.4, 0.5) is 0 Å². The van der Waals surface area contributed by atoms with Gasteiger partial charge in [-0.15, -0.1) is 11.6 Å². The summed E-state index contributed by atoms with van der Waals surface area (Å²) in [6, 6.07) is 7.27. The van der Waals surface area contributed by atoms with Gasteiger partial charge in [0.2, 0.25) is 0 Å². The smallest absolute Gasteiger partial charge is 0.309 e. The molecule has 0 bridgehead atoms. The van der Waals surface area contributed by atoms with Gasteiger partial charge in [0.05, 0.1) is 18.4 Å². The van der Waals surface area contributed by atoms with Crippen molar-refractivity contribution in [2.75, 3.05) is 13.7 Å². The van der Waals surface area contributed by atoms with Gasteiger partial charge in [-0.1, -0.05) is 35.4 Å². The highest BCUT2D eigenvalue weighted by Gasteiger charge is 2.43. The Morgan fingerprint density at radius 1 is 1.29 bits per heavy atom. The van der Waals surface area contributed by atoms with Crippen molar-refractivity contribution >= 4 is 29.2 Å². The third-order valence-electron chi connectivity index (χ3n) is 4.76. The summed E-state index contributed by atoms with van der Waals surface area (Å²) in [5.74, 6) is -0.700. The van der Waals surface area contributed by atoms with Gasteiger partial charge in [0.1, 0.15) is 5.75 Å². The Labute approximate surface area is 151 Å². The molecular formula is C18H19Cl2NO3. The van der Waals surface area contributed by atoms with Gasteiger partial charge in [-0.25, -0.2) is 0 Å². The third-order valence-corrected chi connectivity index (χ3v) is 5.65. The summed E-state index contributed by atoms with van der Waals surface area (Å²) >= 11 is 12.3. The van der Waals surface area contributed by atoms with Crippen LogP contribution in [-0.2, 0) is 4.79 Å².